The van der Waals surface area contributed by atoms with Crippen LogP contribution in [0.25, 0.3) is 0 Å². The van der Waals surface area contributed by atoms with Crippen LogP contribution in [0.15, 0.2) is 18.2 Å². The number of rotatable bonds is 8. The maximum absolute atomic E-state index is 6.06. The third kappa shape index (κ3) is 4.82. The van der Waals surface area contributed by atoms with Gasteiger partial charge in [-0.3, -0.25) is 0 Å². The van der Waals surface area contributed by atoms with Gasteiger partial charge in [-0.15, -0.1) is 0 Å². The average Bonchev–Trinajstić information content (AvgIpc) is 2.47. The molecular weight excluding hydrogens is 246 g/mol. The van der Waals surface area contributed by atoms with Gasteiger partial charge in [-0.25, -0.2) is 0 Å². The summed E-state index contributed by atoms with van der Waals surface area (Å²) < 4.78 is 6.06. The van der Waals surface area contributed by atoms with Gasteiger partial charge in [0.15, 0.2) is 0 Å². The Bertz CT molecular complexity index is 402. The summed E-state index contributed by atoms with van der Waals surface area (Å²) in [6.07, 6.45) is 8.96. The minimum absolute atomic E-state index is 0.306. The summed E-state index contributed by atoms with van der Waals surface area (Å²) in [5.74, 6) is 1.06. The molecule has 0 saturated carbocycles. The predicted molar refractivity (Wildman–Crippen MR) is 85.6 cm³/mol. The second-order valence-corrected chi connectivity index (χ2v) is 5.96. The normalized spacial score (nSPS) is 15.7. The second kappa shape index (κ2) is 8.31. The minimum Gasteiger partial charge on any atom is -0.491 e. The van der Waals surface area contributed by atoms with E-state index < -0.39 is 0 Å². The van der Waals surface area contributed by atoms with Crippen LogP contribution < -0.4 is 10.1 Å². The molecule has 1 aliphatic rings. The van der Waals surface area contributed by atoms with Crippen LogP contribution in [-0.4, -0.2) is 19.2 Å². The van der Waals surface area contributed by atoms with Gasteiger partial charge in [-0.1, -0.05) is 13.0 Å². The van der Waals surface area contributed by atoms with Crippen LogP contribution in [0, 0.1) is 0 Å². The van der Waals surface area contributed by atoms with Crippen molar-refractivity contribution in [1.29, 1.82) is 0 Å². The van der Waals surface area contributed by atoms with Crippen LogP contribution in [-0.2, 0) is 12.8 Å². The quantitative estimate of drug-likeness (QED) is 0.721. The van der Waals surface area contributed by atoms with Crippen molar-refractivity contribution >= 4 is 0 Å². The predicted octanol–water partition coefficient (Wildman–Crippen LogP) is 4.11. The lowest BCUT2D eigenvalue weighted by Crippen LogP contribution is -2.19. The lowest BCUT2D eigenvalue weighted by atomic mass is 9.92. The minimum atomic E-state index is 0.306. The monoisotopic (exact) mass is 275 g/mol. The van der Waals surface area contributed by atoms with Crippen molar-refractivity contribution in [2.75, 3.05) is 13.1 Å². The third-order valence-corrected chi connectivity index (χ3v) is 4.05. The van der Waals surface area contributed by atoms with E-state index in [1.54, 1.807) is 0 Å². The van der Waals surface area contributed by atoms with E-state index in [0.29, 0.717) is 6.10 Å². The van der Waals surface area contributed by atoms with Crippen molar-refractivity contribution in [1.82, 2.24) is 5.32 Å². The van der Waals surface area contributed by atoms with E-state index >= 15 is 0 Å². The Kier molecular flexibility index (Phi) is 6.38. The molecule has 1 unspecified atom stereocenters. The molecule has 1 aliphatic carbocycles. The zero-order valence-electron chi connectivity index (χ0n) is 13.1. The molecule has 1 atom stereocenters. The van der Waals surface area contributed by atoms with E-state index in [1.165, 1.54) is 49.7 Å². The van der Waals surface area contributed by atoms with Crippen LogP contribution in [0.4, 0.5) is 0 Å². The SMILES string of the molecule is CCCNCCCC(C)Oc1ccc2c(c1)CCCC2. The number of aryl methyl sites for hydroxylation is 2. The molecule has 0 amide bonds. The van der Waals surface area contributed by atoms with Crippen molar-refractivity contribution in [3.63, 3.8) is 0 Å². The van der Waals surface area contributed by atoms with E-state index in [9.17, 15) is 0 Å². The number of hydrogen-bond acceptors (Lipinski definition) is 2. The first-order valence-electron chi connectivity index (χ1n) is 8.28. The molecule has 20 heavy (non-hydrogen) atoms. The molecule has 0 heterocycles. The molecule has 1 aromatic carbocycles. The van der Waals surface area contributed by atoms with Gasteiger partial charge in [0.05, 0.1) is 6.10 Å². The van der Waals surface area contributed by atoms with Gasteiger partial charge < -0.3 is 10.1 Å². The van der Waals surface area contributed by atoms with Gasteiger partial charge in [0.1, 0.15) is 5.75 Å². The second-order valence-electron chi connectivity index (χ2n) is 5.96. The zero-order valence-corrected chi connectivity index (χ0v) is 13.1. The first kappa shape index (κ1) is 15.4. The van der Waals surface area contributed by atoms with Gasteiger partial charge in [-0.2, -0.15) is 0 Å². The zero-order chi connectivity index (χ0) is 14.2. The van der Waals surface area contributed by atoms with E-state index in [-0.39, 0.29) is 0 Å². The first-order valence-corrected chi connectivity index (χ1v) is 8.28. The molecule has 0 aromatic heterocycles. The summed E-state index contributed by atoms with van der Waals surface area (Å²) >= 11 is 0. The smallest absolute Gasteiger partial charge is 0.119 e. The Morgan fingerprint density at radius 1 is 1.15 bits per heavy atom. The fourth-order valence-corrected chi connectivity index (χ4v) is 2.89. The number of hydrogen-bond donors (Lipinski definition) is 1. The van der Waals surface area contributed by atoms with Crippen molar-refractivity contribution in [2.45, 2.75) is 64.9 Å². The Morgan fingerprint density at radius 3 is 2.75 bits per heavy atom. The molecule has 112 valence electrons. The molecule has 0 bridgehead atoms. The molecule has 0 aliphatic heterocycles. The summed E-state index contributed by atoms with van der Waals surface area (Å²) in [5.41, 5.74) is 3.03. The maximum Gasteiger partial charge on any atom is 0.119 e. The summed E-state index contributed by atoms with van der Waals surface area (Å²) in [4.78, 5) is 0. The van der Waals surface area contributed by atoms with Crippen LogP contribution in [0.1, 0.15) is 57.1 Å². The molecule has 1 aromatic rings. The van der Waals surface area contributed by atoms with E-state index in [4.69, 9.17) is 4.74 Å². The molecule has 2 rings (SSSR count). The lowest BCUT2D eigenvalue weighted by Gasteiger charge is -2.19. The van der Waals surface area contributed by atoms with Crippen LogP contribution in [0.3, 0.4) is 0 Å². The summed E-state index contributed by atoms with van der Waals surface area (Å²) in [6.45, 7) is 6.61. The molecule has 0 saturated heterocycles. The fraction of sp³-hybridized carbons (Fsp3) is 0.667. The Hall–Kier alpha value is -1.02. The van der Waals surface area contributed by atoms with Gasteiger partial charge in [-0.05, 0) is 88.2 Å². The standard InChI is InChI=1S/C18H29NO/c1-3-12-19-13-6-7-15(2)20-18-11-10-16-8-4-5-9-17(16)14-18/h10-11,14-15,19H,3-9,12-13H2,1-2H3. The fourth-order valence-electron chi connectivity index (χ4n) is 2.89. The van der Waals surface area contributed by atoms with Gasteiger partial charge >= 0.3 is 0 Å². The Labute approximate surface area is 123 Å². The molecule has 2 heteroatoms. The van der Waals surface area contributed by atoms with E-state index in [0.717, 1.165) is 25.3 Å². The maximum atomic E-state index is 6.06. The molecule has 0 radical (unpaired) electrons. The summed E-state index contributed by atoms with van der Waals surface area (Å²) in [5, 5.41) is 3.44. The highest BCUT2D eigenvalue weighted by atomic mass is 16.5. The average molecular weight is 275 g/mol. The first-order chi connectivity index (χ1) is 9.79. The van der Waals surface area contributed by atoms with Crippen molar-refractivity contribution in [2.24, 2.45) is 0 Å². The molecular formula is C18H29NO. The number of benzene rings is 1. The van der Waals surface area contributed by atoms with Gasteiger partial charge in [0, 0.05) is 0 Å². The Morgan fingerprint density at radius 2 is 1.95 bits per heavy atom. The highest BCUT2D eigenvalue weighted by Gasteiger charge is 2.11. The highest BCUT2D eigenvalue weighted by molar-refractivity contribution is 5.37. The number of ether oxygens (including phenoxy) is 1. The van der Waals surface area contributed by atoms with Crippen molar-refractivity contribution in [3.8, 4) is 5.75 Å². The van der Waals surface area contributed by atoms with Crippen LogP contribution in [0.5, 0.6) is 5.75 Å². The number of fused-ring (bicyclic) bond motifs is 1. The molecule has 1 N–H and O–H groups in total. The molecule has 0 spiro atoms. The van der Waals surface area contributed by atoms with Gasteiger partial charge in [0.2, 0.25) is 0 Å². The van der Waals surface area contributed by atoms with E-state index in [2.05, 4.69) is 37.4 Å². The Balaban J connectivity index is 1.75. The van der Waals surface area contributed by atoms with Crippen molar-refractivity contribution < 1.29 is 4.74 Å². The summed E-state index contributed by atoms with van der Waals surface area (Å²) in [7, 11) is 0. The van der Waals surface area contributed by atoms with E-state index in [1.807, 2.05) is 0 Å². The molecule has 2 nitrogen and oxygen atoms in total. The third-order valence-electron chi connectivity index (χ3n) is 4.05. The van der Waals surface area contributed by atoms with Crippen LogP contribution in [0.2, 0.25) is 0 Å². The largest absolute Gasteiger partial charge is 0.491 e. The summed E-state index contributed by atoms with van der Waals surface area (Å²) in [6, 6.07) is 6.68. The number of nitrogens with one attached hydrogen (secondary N) is 1. The van der Waals surface area contributed by atoms with Crippen molar-refractivity contribution in [3.05, 3.63) is 29.3 Å². The highest BCUT2D eigenvalue weighted by Crippen LogP contribution is 2.26. The topological polar surface area (TPSA) is 21.3 Å². The lowest BCUT2D eigenvalue weighted by molar-refractivity contribution is 0.207. The van der Waals surface area contributed by atoms with Crippen LogP contribution >= 0.6 is 0 Å². The molecule has 0 fully saturated rings. The van der Waals surface area contributed by atoms with Gasteiger partial charge in [0.25, 0.3) is 0 Å².